The highest BCUT2D eigenvalue weighted by molar-refractivity contribution is 7.07. The van der Waals surface area contributed by atoms with Crippen LogP contribution < -0.4 is 9.47 Å². The van der Waals surface area contributed by atoms with Crippen molar-refractivity contribution in [3.63, 3.8) is 0 Å². The van der Waals surface area contributed by atoms with E-state index >= 15 is 0 Å². The van der Waals surface area contributed by atoms with E-state index in [2.05, 4.69) is 4.98 Å². The Labute approximate surface area is 155 Å². The van der Waals surface area contributed by atoms with Crippen LogP contribution in [0.25, 0.3) is 0 Å². The molecule has 1 aliphatic rings. The number of piperidine rings is 1. The van der Waals surface area contributed by atoms with Crippen molar-refractivity contribution in [2.45, 2.75) is 31.9 Å². The van der Waals surface area contributed by atoms with Crippen LogP contribution in [-0.4, -0.2) is 46.6 Å². The highest BCUT2D eigenvalue weighted by atomic mass is 32.1. The van der Waals surface area contributed by atoms with Crippen LogP contribution in [0.2, 0.25) is 0 Å². The third-order valence-electron chi connectivity index (χ3n) is 4.32. The first-order valence-electron chi connectivity index (χ1n) is 8.32. The fourth-order valence-corrected chi connectivity index (χ4v) is 3.52. The molecule has 1 amide bonds. The Morgan fingerprint density at radius 3 is 2.88 bits per heavy atom. The lowest BCUT2D eigenvalue weighted by Crippen LogP contribution is -2.47. The van der Waals surface area contributed by atoms with Crippen LogP contribution in [0.15, 0.2) is 29.1 Å². The molecule has 26 heavy (non-hydrogen) atoms. The van der Waals surface area contributed by atoms with E-state index in [1.165, 1.54) is 23.3 Å². The number of hydrogen-bond acceptors (Lipinski definition) is 6. The van der Waals surface area contributed by atoms with E-state index in [1.54, 1.807) is 23.7 Å². The van der Waals surface area contributed by atoms with Gasteiger partial charge in [-0.3, -0.25) is 4.79 Å². The van der Waals surface area contributed by atoms with Gasteiger partial charge in [0, 0.05) is 17.5 Å². The SMILES string of the molecule is COc1cc(C(=O)N2CCCCC2C(=O)O)ccc1OCc1cscn1. The summed E-state index contributed by atoms with van der Waals surface area (Å²) < 4.78 is 11.0. The molecule has 8 heteroatoms. The number of carboxylic acid groups (broad SMARTS) is 1. The number of ether oxygens (including phenoxy) is 2. The van der Waals surface area contributed by atoms with Gasteiger partial charge in [0.1, 0.15) is 12.6 Å². The molecule has 1 aliphatic heterocycles. The Kier molecular flexibility index (Phi) is 5.72. The van der Waals surface area contributed by atoms with Crippen molar-refractivity contribution in [2.75, 3.05) is 13.7 Å². The minimum atomic E-state index is -0.965. The number of thiazole rings is 1. The Morgan fingerprint density at radius 2 is 2.19 bits per heavy atom. The molecule has 1 unspecified atom stereocenters. The quantitative estimate of drug-likeness (QED) is 0.834. The number of likely N-dealkylation sites (tertiary alicyclic amines) is 1. The monoisotopic (exact) mass is 376 g/mol. The Bertz CT molecular complexity index is 778. The second-order valence-corrected chi connectivity index (χ2v) is 6.70. The van der Waals surface area contributed by atoms with Crippen molar-refractivity contribution < 1.29 is 24.2 Å². The lowest BCUT2D eigenvalue weighted by Gasteiger charge is -2.33. The molecule has 1 aromatic carbocycles. The zero-order chi connectivity index (χ0) is 18.5. The number of nitrogens with zero attached hydrogens (tertiary/aromatic N) is 2. The lowest BCUT2D eigenvalue weighted by atomic mass is 10.0. The van der Waals surface area contributed by atoms with Crippen molar-refractivity contribution in [1.29, 1.82) is 0 Å². The average molecular weight is 376 g/mol. The van der Waals surface area contributed by atoms with E-state index in [9.17, 15) is 14.7 Å². The van der Waals surface area contributed by atoms with E-state index in [0.29, 0.717) is 36.6 Å². The van der Waals surface area contributed by atoms with Gasteiger partial charge < -0.3 is 19.5 Å². The lowest BCUT2D eigenvalue weighted by molar-refractivity contribution is -0.143. The number of amides is 1. The summed E-state index contributed by atoms with van der Waals surface area (Å²) in [7, 11) is 1.50. The highest BCUT2D eigenvalue weighted by Gasteiger charge is 2.32. The molecule has 2 heterocycles. The summed E-state index contributed by atoms with van der Waals surface area (Å²) in [6.45, 7) is 0.751. The molecule has 7 nitrogen and oxygen atoms in total. The number of hydrogen-bond donors (Lipinski definition) is 1. The van der Waals surface area contributed by atoms with Crippen molar-refractivity contribution >= 4 is 23.2 Å². The van der Waals surface area contributed by atoms with Gasteiger partial charge in [-0.2, -0.15) is 0 Å². The number of aliphatic carboxylic acids is 1. The van der Waals surface area contributed by atoms with Gasteiger partial charge in [0.15, 0.2) is 11.5 Å². The number of carbonyl (C=O) groups excluding carboxylic acids is 1. The molecule has 2 aromatic rings. The molecule has 0 aliphatic carbocycles. The van der Waals surface area contributed by atoms with Crippen LogP contribution in [-0.2, 0) is 11.4 Å². The number of aromatic nitrogens is 1. The Balaban J connectivity index is 1.77. The van der Waals surface area contributed by atoms with Crippen molar-refractivity contribution in [1.82, 2.24) is 9.88 Å². The first-order valence-corrected chi connectivity index (χ1v) is 9.26. The smallest absolute Gasteiger partial charge is 0.326 e. The average Bonchev–Trinajstić information content (AvgIpc) is 3.19. The third-order valence-corrected chi connectivity index (χ3v) is 4.95. The maximum atomic E-state index is 12.8. The van der Waals surface area contributed by atoms with Crippen LogP contribution in [0, 0.1) is 0 Å². The van der Waals surface area contributed by atoms with E-state index in [-0.39, 0.29) is 5.91 Å². The van der Waals surface area contributed by atoms with Crippen LogP contribution >= 0.6 is 11.3 Å². The first-order chi connectivity index (χ1) is 12.6. The van der Waals surface area contributed by atoms with Crippen molar-refractivity contribution in [2.24, 2.45) is 0 Å². The fraction of sp³-hybridized carbons (Fsp3) is 0.389. The molecule has 0 bridgehead atoms. The molecule has 138 valence electrons. The van der Waals surface area contributed by atoms with E-state index in [1.807, 2.05) is 5.38 Å². The predicted octanol–water partition coefficient (Wildman–Crippen LogP) is 2.81. The number of carbonyl (C=O) groups is 2. The molecule has 0 radical (unpaired) electrons. The summed E-state index contributed by atoms with van der Waals surface area (Å²) in [5.41, 5.74) is 2.93. The minimum Gasteiger partial charge on any atom is -0.493 e. The van der Waals surface area contributed by atoms with E-state index in [4.69, 9.17) is 9.47 Å². The van der Waals surface area contributed by atoms with Gasteiger partial charge in [-0.15, -0.1) is 11.3 Å². The number of benzene rings is 1. The zero-order valence-corrected chi connectivity index (χ0v) is 15.2. The van der Waals surface area contributed by atoms with Gasteiger partial charge in [-0.05, 0) is 37.5 Å². The molecule has 1 saturated heterocycles. The van der Waals surface area contributed by atoms with Crippen LogP contribution in [0.4, 0.5) is 0 Å². The molecule has 0 spiro atoms. The molecule has 1 fully saturated rings. The van der Waals surface area contributed by atoms with Gasteiger partial charge in [0.05, 0.1) is 18.3 Å². The highest BCUT2D eigenvalue weighted by Crippen LogP contribution is 2.30. The molecule has 1 aromatic heterocycles. The number of rotatable bonds is 6. The molecule has 1 atom stereocenters. The Morgan fingerprint density at radius 1 is 1.35 bits per heavy atom. The summed E-state index contributed by atoms with van der Waals surface area (Å²) in [4.78, 5) is 29.8. The summed E-state index contributed by atoms with van der Waals surface area (Å²) in [6, 6.07) is 4.11. The van der Waals surface area contributed by atoms with Crippen LogP contribution in [0.3, 0.4) is 0 Å². The van der Waals surface area contributed by atoms with Crippen molar-refractivity contribution in [3.8, 4) is 11.5 Å². The number of carboxylic acids is 1. The molecule has 1 N–H and O–H groups in total. The number of methoxy groups -OCH3 is 1. The van der Waals surface area contributed by atoms with Gasteiger partial charge in [0.25, 0.3) is 5.91 Å². The predicted molar refractivity (Wildman–Crippen MR) is 95.8 cm³/mol. The minimum absolute atomic E-state index is 0.304. The maximum Gasteiger partial charge on any atom is 0.326 e. The second-order valence-electron chi connectivity index (χ2n) is 5.98. The summed E-state index contributed by atoms with van der Waals surface area (Å²) in [5.74, 6) is -0.338. The largest absolute Gasteiger partial charge is 0.493 e. The van der Waals surface area contributed by atoms with Gasteiger partial charge in [0.2, 0.25) is 0 Å². The van der Waals surface area contributed by atoms with Gasteiger partial charge in [-0.1, -0.05) is 0 Å². The second kappa shape index (κ2) is 8.18. The van der Waals surface area contributed by atoms with Crippen LogP contribution in [0.5, 0.6) is 11.5 Å². The third kappa shape index (κ3) is 3.96. The van der Waals surface area contributed by atoms with E-state index < -0.39 is 12.0 Å². The molecular weight excluding hydrogens is 356 g/mol. The van der Waals surface area contributed by atoms with Gasteiger partial charge in [-0.25, -0.2) is 9.78 Å². The summed E-state index contributed by atoms with van der Waals surface area (Å²) in [5, 5.41) is 11.3. The normalized spacial score (nSPS) is 17.0. The van der Waals surface area contributed by atoms with Crippen LogP contribution in [0.1, 0.15) is 35.3 Å². The summed E-state index contributed by atoms with van der Waals surface area (Å²) in [6.07, 6.45) is 2.10. The fourth-order valence-electron chi connectivity index (χ4n) is 2.98. The maximum absolute atomic E-state index is 12.8. The molecule has 0 saturated carbocycles. The topological polar surface area (TPSA) is 89.0 Å². The van der Waals surface area contributed by atoms with Gasteiger partial charge >= 0.3 is 5.97 Å². The first kappa shape index (κ1) is 18.2. The van der Waals surface area contributed by atoms with E-state index in [0.717, 1.165) is 18.5 Å². The zero-order valence-electron chi connectivity index (χ0n) is 14.4. The standard InChI is InChI=1S/C18H20N2O5S/c1-24-16-8-12(5-6-15(16)25-9-13-10-26-11-19-13)17(21)20-7-3-2-4-14(20)18(22)23/h5-6,8,10-11,14H,2-4,7,9H2,1H3,(H,22,23). The molecular formula is C18H20N2O5S. The Hall–Kier alpha value is -2.61. The summed E-state index contributed by atoms with van der Waals surface area (Å²) >= 11 is 1.49. The molecule has 3 rings (SSSR count). The van der Waals surface area contributed by atoms with Crippen molar-refractivity contribution in [3.05, 3.63) is 40.3 Å².